The van der Waals surface area contributed by atoms with E-state index in [-0.39, 0.29) is 10.8 Å². The van der Waals surface area contributed by atoms with Gasteiger partial charge in [0.25, 0.3) is 0 Å². The highest BCUT2D eigenvalue weighted by Crippen LogP contribution is 2.24. The third-order valence-electron chi connectivity index (χ3n) is 2.78. The van der Waals surface area contributed by atoms with Crippen LogP contribution in [0, 0.1) is 0 Å². The molecular formula is C15H16ClNO3S. The van der Waals surface area contributed by atoms with E-state index in [0.717, 1.165) is 0 Å². The normalized spacial score (nSPS) is 11.1. The van der Waals surface area contributed by atoms with Crippen LogP contribution in [0.15, 0.2) is 59.5 Å². The van der Waals surface area contributed by atoms with Crippen LogP contribution in [-0.2, 0) is 9.84 Å². The summed E-state index contributed by atoms with van der Waals surface area (Å²) in [6.45, 7) is 0.367. The van der Waals surface area contributed by atoms with E-state index in [9.17, 15) is 8.42 Å². The molecule has 2 aromatic rings. The van der Waals surface area contributed by atoms with Gasteiger partial charge in [0.15, 0.2) is 9.84 Å². The molecule has 0 amide bonds. The first-order valence-corrected chi connectivity index (χ1v) is 8.61. The topological polar surface area (TPSA) is 55.4 Å². The van der Waals surface area contributed by atoms with Gasteiger partial charge in [0, 0.05) is 0 Å². The minimum atomic E-state index is -3.39. The summed E-state index contributed by atoms with van der Waals surface area (Å²) in [6, 6.07) is 15.5. The molecule has 0 saturated heterocycles. The zero-order valence-corrected chi connectivity index (χ0v) is 12.9. The molecule has 0 bridgehead atoms. The zero-order valence-electron chi connectivity index (χ0n) is 11.3. The Kier molecular flexibility index (Phi) is 5.47. The van der Waals surface area contributed by atoms with Crippen LogP contribution in [0.2, 0.25) is 0 Å². The maximum absolute atomic E-state index is 12.2. The summed E-state index contributed by atoms with van der Waals surface area (Å²) in [5.41, 5.74) is 0.627. The number of anilines is 1. The van der Waals surface area contributed by atoms with Gasteiger partial charge in [-0.15, -0.1) is 11.6 Å². The molecule has 0 radical (unpaired) electrons. The quantitative estimate of drug-likeness (QED) is 0.795. The molecule has 0 unspecified atom stereocenters. The fraction of sp³-hybridized carbons (Fsp3) is 0.200. The number of hydrogen-bond acceptors (Lipinski definition) is 4. The molecule has 2 aromatic carbocycles. The van der Waals surface area contributed by atoms with E-state index in [2.05, 4.69) is 5.32 Å². The summed E-state index contributed by atoms with van der Waals surface area (Å²) in [5, 5.41) is 2.90. The zero-order chi connectivity index (χ0) is 15.1. The predicted octanol–water partition coefficient (Wildman–Crippen LogP) is 3.15. The highest BCUT2D eigenvalue weighted by Gasteiger charge is 2.14. The Labute approximate surface area is 129 Å². The Bertz CT molecular complexity index is 674. The average Bonchev–Trinajstić information content (AvgIpc) is 2.52. The van der Waals surface area contributed by atoms with Crippen molar-refractivity contribution in [1.29, 1.82) is 0 Å². The lowest BCUT2D eigenvalue weighted by atomic mass is 10.3. The lowest BCUT2D eigenvalue weighted by molar-refractivity contribution is 0.344. The Hall–Kier alpha value is -1.72. The van der Waals surface area contributed by atoms with Crippen molar-refractivity contribution in [2.75, 3.05) is 23.7 Å². The third-order valence-corrected chi connectivity index (χ3v) is 4.45. The van der Waals surface area contributed by atoms with Crippen LogP contribution in [0.4, 0.5) is 5.69 Å². The van der Waals surface area contributed by atoms with Crippen LogP contribution in [0.1, 0.15) is 0 Å². The van der Waals surface area contributed by atoms with Crippen molar-refractivity contribution >= 4 is 27.1 Å². The van der Waals surface area contributed by atoms with Gasteiger partial charge in [0.1, 0.15) is 18.2 Å². The monoisotopic (exact) mass is 325 g/mol. The minimum absolute atomic E-state index is 0.196. The summed E-state index contributed by atoms with van der Waals surface area (Å²) in [5.74, 6) is 0.760. The number of rotatable bonds is 7. The molecule has 2 rings (SSSR count). The van der Waals surface area contributed by atoms with E-state index >= 15 is 0 Å². The first-order valence-electron chi connectivity index (χ1n) is 6.43. The van der Waals surface area contributed by atoms with E-state index in [4.69, 9.17) is 16.3 Å². The standard InChI is InChI=1S/C15H16ClNO3S/c16-10-11-20-15-9-5-4-8-14(15)17-12-21(18,19)13-6-2-1-3-7-13/h1-9,17H,10-12H2. The van der Waals surface area contributed by atoms with Crippen molar-refractivity contribution < 1.29 is 13.2 Å². The molecular weight excluding hydrogens is 310 g/mol. The molecule has 112 valence electrons. The fourth-order valence-electron chi connectivity index (χ4n) is 1.77. The Morgan fingerprint density at radius 2 is 1.67 bits per heavy atom. The van der Waals surface area contributed by atoms with Crippen molar-refractivity contribution in [1.82, 2.24) is 0 Å². The summed E-state index contributed by atoms with van der Waals surface area (Å²) in [7, 11) is -3.39. The second-order valence-corrected chi connectivity index (χ2v) is 6.65. The molecule has 6 heteroatoms. The van der Waals surface area contributed by atoms with Crippen molar-refractivity contribution in [2.45, 2.75) is 4.90 Å². The van der Waals surface area contributed by atoms with Crippen LogP contribution in [0.25, 0.3) is 0 Å². The molecule has 0 aliphatic carbocycles. The molecule has 21 heavy (non-hydrogen) atoms. The van der Waals surface area contributed by atoms with Gasteiger partial charge < -0.3 is 10.1 Å². The molecule has 0 spiro atoms. The largest absolute Gasteiger partial charge is 0.490 e. The number of nitrogens with one attached hydrogen (secondary N) is 1. The Morgan fingerprint density at radius 3 is 2.38 bits per heavy atom. The van der Waals surface area contributed by atoms with Gasteiger partial charge in [0.2, 0.25) is 0 Å². The van der Waals surface area contributed by atoms with Crippen LogP contribution in [0.3, 0.4) is 0 Å². The van der Waals surface area contributed by atoms with E-state index < -0.39 is 9.84 Å². The second-order valence-electron chi connectivity index (χ2n) is 4.28. The molecule has 0 saturated carbocycles. The predicted molar refractivity (Wildman–Crippen MR) is 84.8 cm³/mol. The number of ether oxygens (including phenoxy) is 1. The van der Waals surface area contributed by atoms with Crippen LogP contribution >= 0.6 is 11.6 Å². The van der Waals surface area contributed by atoms with Crippen molar-refractivity contribution in [3.63, 3.8) is 0 Å². The van der Waals surface area contributed by atoms with Crippen molar-refractivity contribution in [2.24, 2.45) is 0 Å². The lowest BCUT2D eigenvalue weighted by Gasteiger charge is -2.12. The molecule has 4 nitrogen and oxygen atoms in total. The average molecular weight is 326 g/mol. The van der Waals surface area contributed by atoms with Gasteiger partial charge in [-0.25, -0.2) is 8.42 Å². The van der Waals surface area contributed by atoms with Crippen molar-refractivity contribution in [3.8, 4) is 5.75 Å². The minimum Gasteiger partial charge on any atom is -0.490 e. The molecule has 0 aromatic heterocycles. The van der Waals surface area contributed by atoms with E-state index in [0.29, 0.717) is 23.9 Å². The molecule has 0 aliphatic rings. The van der Waals surface area contributed by atoms with E-state index in [1.807, 2.05) is 12.1 Å². The van der Waals surface area contributed by atoms with Crippen LogP contribution in [0.5, 0.6) is 5.75 Å². The maximum Gasteiger partial charge on any atom is 0.196 e. The molecule has 0 aliphatic heterocycles. The molecule has 0 atom stereocenters. The van der Waals surface area contributed by atoms with Gasteiger partial charge >= 0.3 is 0 Å². The van der Waals surface area contributed by atoms with E-state index in [1.165, 1.54) is 0 Å². The van der Waals surface area contributed by atoms with Gasteiger partial charge in [-0.1, -0.05) is 30.3 Å². The summed E-state index contributed by atoms with van der Waals surface area (Å²) in [6.07, 6.45) is 0. The number of hydrogen-bond donors (Lipinski definition) is 1. The SMILES string of the molecule is O=S(=O)(CNc1ccccc1OCCCl)c1ccccc1. The second kappa shape index (κ2) is 7.33. The number of benzene rings is 2. The van der Waals surface area contributed by atoms with Crippen molar-refractivity contribution in [3.05, 3.63) is 54.6 Å². The number of para-hydroxylation sites is 2. The maximum atomic E-state index is 12.2. The van der Waals surface area contributed by atoms with Gasteiger partial charge in [-0.05, 0) is 24.3 Å². The first kappa shape index (κ1) is 15.7. The number of sulfone groups is 1. The van der Waals surface area contributed by atoms with Gasteiger partial charge in [0.05, 0.1) is 16.5 Å². The summed E-state index contributed by atoms with van der Waals surface area (Å²) >= 11 is 5.59. The summed E-state index contributed by atoms with van der Waals surface area (Å²) in [4.78, 5) is 0.289. The molecule has 0 fully saturated rings. The van der Waals surface area contributed by atoms with Gasteiger partial charge in [-0.2, -0.15) is 0 Å². The number of alkyl halides is 1. The van der Waals surface area contributed by atoms with Crippen LogP contribution in [-0.4, -0.2) is 26.8 Å². The fourth-order valence-corrected chi connectivity index (χ4v) is 2.93. The number of halogens is 1. The highest BCUT2D eigenvalue weighted by atomic mass is 35.5. The third kappa shape index (κ3) is 4.37. The highest BCUT2D eigenvalue weighted by molar-refractivity contribution is 7.91. The molecule has 1 N–H and O–H groups in total. The smallest absolute Gasteiger partial charge is 0.196 e. The van der Waals surface area contributed by atoms with Gasteiger partial charge in [-0.3, -0.25) is 0 Å². The first-order chi connectivity index (χ1) is 10.1. The Balaban J connectivity index is 2.10. The molecule has 0 heterocycles. The Morgan fingerprint density at radius 1 is 1.00 bits per heavy atom. The van der Waals surface area contributed by atoms with Crippen LogP contribution < -0.4 is 10.1 Å². The van der Waals surface area contributed by atoms with E-state index in [1.54, 1.807) is 42.5 Å². The lowest BCUT2D eigenvalue weighted by Crippen LogP contribution is -2.15. The summed E-state index contributed by atoms with van der Waals surface area (Å²) < 4.78 is 29.9.